The Morgan fingerprint density at radius 1 is 1.18 bits per heavy atom. The second-order valence-corrected chi connectivity index (χ2v) is 8.93. The number of esters is 1. The molecular formula is C25H23F2NO6. The van der Waals surface area contributed by atoms with Crippen molar-refractivity contribution < 1.29 is 37.4 Å². The molecule has 1 spiro atoms. The number of rotatable bonds is 3. The van der Waals surface area contributed by atoms with Crippen molar-refractivity contribution in [2.45, 2.75) is 50.7 Å². The number of fused-ring (bicyclic) bond motifs is 3. The first-order chi connectivity index (χ1) is 16.2. The molecule has 0 unspecified atom stereocenters. The van der Waals surface area contributed by atoms with Crippen LogP contribution in [0.2, 0.25) is 0 Å². The van der Waals surface area contributed by atoms with Crippen LogP contribution in [0.5, 0.6) is 17.2 Å². The van der Waals surface area contributed by atoms with Gasteiger partial charge in [-0.1, -0.05) is 12.1 Å². The van der Waals surface area contributed by atoms with Crippen molar-refractivity contribution in [2.75, 3.05) is 13.1 Å². The third-order valence-electron chi connectivity index (χ3n) is 6.81. The van der Waals surface area contributed by atoms with Gasteiger partial charge in [0.25, 0.3) is 0 Å². The Morgan fingerprint density at radius 3 is 2.65 bits per heavy atom. The number of carbonyl (C=O) groups is 3. The van der Waals surface area contributed by atoms with Crippen LogP contribution in [-0.4, -0.2) is 47.9 Å². The summed E-state index contributed by atoms with van der Waals surface area (Å²) in [5.41, 5.74) is 0.776. The zero-order valence-corrected chi connectivity index (χ0v) is 18.5. The molecule has 0 saturated carbocycles. The Balaban J connectivity index is 1.56. The molecule has 2 aromatic rings. The van der Waals surface area contributed by atoms with Gasteiger partial charge in [-0.3, -0.25) is 14.4 Å². The van der Waals surface area contributed by atoms with Gasteiger partial charge in [0.05, 0.1) is 18.4 Å². The van der Waals surface area contributed by atoms with Crippen LogP contribution >= 0.6 is 0 Å². The summed E-state index contributed by atoms with van der Waals surface area (Å²) in [6.07, 6.45) is 1.17. The molecule has 0 aromatic heterocycles. The summed E-state index contributed by atoms with van der Waals surface area (Å²) in [5.74, 6) is -0.507. The zero-order valence-electron chi connectivity index (χ0n) is 18.5. The Morgan fingerprint density at radius 2 is 1.94 bits per heavy atom. The Labute approximate surface area is 194 Å². The van der Waals surface area contributed by atoms with E-state index in [4.69, 9.17) is 9.47 Å². The molecule has 0 N–H and O–H groups in total. The van der Waals surface area contributed by atoms with E-state index >= 15 is 0 Å². The summed E-state index contributed by atoms with van der Waals surface area (Å²) >= 11 is 0. The lowest BCUT2D eigenvalue weighted by Gasteiger charge is -2.45. The van der Waals surface area contributed by atoms with Crippen LogP contribution in [0.25, 0.3) is 0 Å². The normalized spacial score (nSPS) is 20.9. The predicted molar refractivity (Wildman–Crippen MR) is 115 cm³/mol. The fraction of sp³-hybridized carbons (Fsp3) is 0.400. The van der Waals surface area contributed by atoms with Gasteiger partial charge in [0.2, 0.25) is 5.91 Å². The molecule has 3 aliphatic rings. The predicted octanol–water partition coefficient (Wildman–Crippen LogP) is 4.08. The van der Waals surface area contributed by atoms with E-state index < -0.39 is 24.1 Å². The van der Waals surface area contributed by atoms with E-state index in [9.17, 15) is 23.2 Å². The van der Waals surface area contributed by atoms with E-state index in [1.807, 2.05) is 0 Å². The number of amides is 1. The molecule has 1 fully saturated rings. The van der Waals surface area contributed by atoms with Gasteiger partial charge in [-0.25, -0.2) is 0 Å². The van der Waals surface area contributed by atoms with Crippen molar-refractivity contribution in [3.63, 3.8) is 0 Å². The van der Waals surface area contributed by atoms with Crippen LogP contribution in [0.4, 0.5) is 8.78 Å². The minimum Gasteiger partial charge on any atom is -0.485 e. The quantitative estimate of drug-likeness (QED) is 0.496. The second-order valence-electron chi connectivity index (χ2n) is 8.93. The van der Waals surface area contributed by atoms with Gasteiger partial charge < -0.3 is 19.1 Å². The molecule has 3 aliphatic heterocycles. The summed E-state index contributed by atoms with van der Waals surface area (Å²) in [6, 6.07) is 9.35. The lowest BCUT2D eigenvalue weighted by Crippen LogP contribution is -2.52. The molecule has 0 radical (unpaired) electrons. The number of likely N-dealkylation sites (tertiary alicyclic amines) is 1. The average molecular weight is 471 g/mol. The monoisotopic (exact) mass is 471 g/mol. The van der Waals surface area contributed by atoms with E-state index in [0.717, 1.165) is 0 Å². The lowest BCUT2D eigenvalue weighted by molar-refractivity contribution is -0.135. The number of carbonyl (C=O) groups excluding carboxylic acids is 3. The fourth-order valence-corrected chi connectivity index (χ4v) is 5.10. The van der Waals surface area contributed by atoms with Crippen molar-refractivity contribution >= 4 is 17.7 Å². The van der Waals surface area contributed by atoms with Crippen LogP contribution < -0.4 is 14.2 Å². The van der Waals surface area contributed by atoms with Gasteiger partial charge >= 0.3 is 12.6 Å². The highest BCUT2D eigenvalue weighted by Crippen LogP contribution is 2.50. The summed E-state index contributed by atoms with van der Waals surface area (Å²) < 4.78 is 42.1. The smallest absolute Gasteiger partial charge is 0.387 e. The topological polar surface area (TPSA) is 82.1 Å². The highest BCUT2D eigenvalue weighted by molar-refractivity contribution is 6.01. The fourth-order valence-electron chi connectivity index (χ4n) is 5.10. The van der Waals surface area contributed by atoms with Crippen LogP contribution in [-0.2, 0) is 9.59 Å². The first-order valence-electron chi connectivity index (χ1n) is 11.1. The molecular weight excluding hydrogens is 448 g/mol. The minimum absolute atomic E-state index is 0.0207. The number of Topliss-reactive ketones (excluding diaryl/α,β-unsaturated/α-hetero) is 1. The van der Waals surface area contributed by atoms with Crippen molar-refractivity contribution in [2.24, 2.45) is 0 Å². The van der Waals surface area contributed by atoms with E-state index in [-0.39, 0.29) is 36.0 Å². The van der Waals surface area contributed by atoms with E-state index in [1.54, 1.807) is 29.2 Å². The number of benzene rings is 2. The molecule has 9 heteroatoms. The molecule has 7 nitrogen and oxygen atoms in total. The number of nitrogens with zero attached hydrogens (tertiary/aromatic N) is 1. The standard InChI is InChI=1S/C25H23F2NO6/c1-14(29)28-9-7-25(8-10-28)13-19(30)17-5-6-20-22(23(17)34-25)18(12-21(31)33-20)15-3-2-4-16(11-15)32-24(26)27/h2-6,11,18,24H,7-10,12-13H2,1H3/t18-/m0/s1. The highest BCUT2D eigenvalue weighted by Gasteiger charge is 2.46. The summed E-state index contributed by atoms with van der Waals surface area (Å²) in [6.45, 7) is -0.494. The molecule has 3 heterocycles. The van der Waals surface area contributed by atoms with Gasteiger partial charge in [-0.05, 0) is 29.8 Å². The Kier molecular flexibility index (Phi) is 5.50. The Bertz CT molecular complexity index is 1170. The first kappa shape index (κ1) is 22.3. The number of halogens is 2. The average Bonchev–Trinajstić information content (AvgIpc) is 2.78. The number of ether oxygens (including phenoxy) is 3. The lowest BCUT2D eigenvalue weighted by atomic mass is 9.79. The number of alkyl halides is 2. The van der Waals surface area contributed by atoms with Crippen LogP contribution in [0.3, 0.4) is 0 Å². The second kappa shape index (κ2) is 8.38. The molecule has 0 aliphatic carbocycles. The van der Waals surface area contributed by atoms with Crippen molar-refractivity contribution in [3.8, 4) is 17.2 Å². The van der Waals surface area contributed by atoms with Gasteiger partial charge in [0.1, 0.15) is 22.8 Å². The maximum Gasteiger partial charge on any atom is 0.387 e. The van der Waals surface area contributed by atoms with Crippen LogP contribution in [0.15, 0.2) is 36.4 Å². The number of ketones is 1. The largest absolute Gasteiger partial charge is 0.485 e. The van der Waals surface area contributed by atoms with E-state index in [2.05, 4.69) is 4.74 Å². The molecule has 1 saturated heterocycles. The summed E-state index contributed by atoms with van der Waals surface area (Å²) in [4.78, 5) is 39.0. The number of piperidine rings is 1. The molecule has 178 valence electrons. The van der Waals surface area contributed by atoms with E-state index in [0.29, 0.717) is 48.4 Å². The van der Waals surface area contributed by atoms with Gasteiger partial charge in [-0.15, -0.1) is 0 Å². The molecule has 0 bridgehead atoms. The van der Waals surface area contributed by atoms with Crippen LogP contribution in [0.1, 0.15) is 60.0 Å². The molecule has 34 heavy (non-hydrogen) atoms. The maximum atomic E-state index is 13.2. The van der Waals surface area contributed by atoms with Gasteiger partial charge in [-0.2, -0.15) is 8.78 Å². The Hall–Kier alpha value is -3.49. The summed E-state index contributed by atoms with van der Waals surface area (Å²) in [7, 11) is 0. The number of hydrogen-bond acceptors (Lipinski definition) is 6. The maximum absolute atomic E-state index is 13.2. The van der Waals surface area contributed by atoms with Crippen molar-refractivity contribution in [3.05, 3.63) is 53.1 Å². The summed E-state index contributed by atoms with van der Waals surface area (Å²) in [5, 5.41) is 0. The molecule has 5 rings (SSSR count). The SMILES string of the molecule is CC(=O)N1CCC2(CC1)CC(=O)c1ccc3c(c1O2)[C@H](c1cccc(OC(F)F)c1)CC(=O)O3. The third kappa shape index (κ3) is 3.99. The van der Waals surface area contributed by atoms with Gasteiger partial charge in [0, 0.05) is 44.3 Å². The highest BCUT2D eigenvalue weighted by atomic mass is 19.3. The van der Waals surface area contributed by atoms with Crippen LogP contribution in [0, 0.1) is 0 Å². The third-order valence-corrected chi connectivity index (χ3v) is 6.81. The van der Waals surface area contributed by atoms with Crippen molar-refractivity contribution in [1.82, 2.24) is 4.90 Å². The minimum atomic E-state index is -2.98. The zero-order chi connectivity index (χ0) is 24.0. The number of hydrogen-bond donors (Lipinski definition) is 0. The van der Waals surface area contributed by atoms with Crippen molar-refractivity contribution in [1.29, 1.82) is 0 Å². The molecule has 1 atom stereocenters. The van der Waals surface area contributed by atoms with Gasteiger partial charge in [0.15, 0.2) is 5.78 Å². The molecule has 2 aromatic carbocycles. The molecule has 1 amide bonds. The van der Waals surface area contributed by atoms with E-state index in [1.165, 1.54) is 19.1 Å². The first-order valence-corrected chi connectivity index (χ1v) is 11.1.